The van der Waals surface area contributed by atoms with E-state index in [1.54, 1.807) is 23.9 Å². The predicted molar refractivity (Wildman–Crippen MR) is 86.4 cm³/mol. The maximum absolute atomic E-state index is 12.0. The molecule has 1 aromatic carbocycles. The van der Waals surface area contributed by atoms with Crippen molar-refractivity contribution in [3.8, 4) is 5.75 Å². The van der Waals surface area contributed by atoms with Crippen molar-refractivity contribution in [2.24, 2.45) is 5.73 Å². The normalized spacial score (nSPS) is 12.5. The number of aromatic nitrogens is 1. The van der Waals surface area contributed by atoms with Crippen LogP contribution >= 0.6 is 0 Å². The van der Waals surface area contributed by atoms with E-state index in [-0.39, 0.29) is 11.6 Å². The minimum Gasteiger partial charge on any atom is -0.497 e. The number of hydrogen-bond acceptors (Lipinski definition) is 3. The van der Waals surface area contributed by atoms with Crippen LogP contribution in [0.25, 0.3) is 12.2 Å². The summed E-state index contributed by atoms with van der Waals surface area (Å²) in [5.74, 6) is 0.825. The summed E-state index contributed by atoms with van der Waals surface area (Å²) < 4.78 is 6.76. The lowest BCUT2D eigenvalue weighted by molar-refractivity contribution is 0.415. The number of nitrogens with two attached hydrogens (primary N) is 1. The molecule has 4 nitrogen and oxygen atoms in total. The molecule has 0 aliphatic rings. The van der Waals surface area contributed by atoms with E-state index in [9.17, 15) is 4.79 Å². The molecule has 1 heterocycles. The first-order valence-corrected chi connectivity index (χ1v) is 6.88. The summed E-state index contributed by atoms with van der Waals surface area (Å²) >= 11 is 0. The van der Waals surface area contributed by atoms with E-state index >= 15 is 0 Å². The highest BCUT2D eigenvalue weighted by atomic mass is 16.5. The highest BCUT2D eigenvalue weighted by Crippen LogP contribution is 2.13. The molecule has 0 amide bonds. The fraction of sp³-hybridized carbons (Fsp3) is 0.235. The first-order valence-electron chi connectivity index (χ1n) is 6.88. The topological polar surface area (TPSA) is 57.2 Å². The van der Waals surface area contributed by atoms with Gasteiger partial charge in [0.05, 0.1) is 7.11 Å². The van der Waals surface area contributed by atoms with Crippen LogP contribution in [0.3, 0.4) is 0 Å². The van der Waals surface area contributed by atoms with Crippen molar-refractivity contribution in [1.29, 1.82) is 0 Å². The summed E-state index contributed by atoms with van der Waals surface area (Å²) in [7, 11) is 1.64. The fourth-order valence-corrected chi connectivity index (χ4v) is 1.99. The third-order valence-electron chi connectivity index (χ3n) is 3.37. The Morgan fingerprint density at radius 1 is 1.19 bits per heavy atom. The zero-order chi connectivity index (χ0) is 15.2. The molecule has 0 radical (unpaired) electrons. The second-order valence-electron chi connectivity index (χ2n) is 4.90. The van der Waals surface area contributed by atoms with Gasteiger partial charge in [-0.1, -0.05) is 24.3 Å². The van der Waals surface area contributed by atoms with E-state index in [1.807, 2.05) is 49.4 Å². The first kappa shape index (κ1) is 15.1. The number of rotatable bonds is 5. The zero-order valence-electron chi connectivity index (χ0n) is 12.3. The SMILES string of the molecule is COc1ccc(/C=C/c2ccn(C(C)CN)c(=O)c2)cc1. The second-order valence-corrected chi connectivity index (χ2v) is 4.90. The van der Waals surface area contributed by atoms with Crippen LogP contribution in [-0.4, -0.2) is 18.2 Å². The van der Waals surface area contributed by atoms with Crippen LogP contribution in [0.15, 0.2) is 47.4 Å². The van der Waals surface area contributed by atoms with E-state index in [4.69, 9.17) is 10.5 Å². The summed E-state index contributed by atoms with van der Waals surface area (Å²) in [5, 5.41) is 0. The molecule has 4 heteroatoms. The molecule has 110 valence electrons. The number of ether oxygens (including phenoxy) is 1. The van der Waals surface area contributed by atoms with E-state index in [0.29, 0.717) is 6.54 Å². The van der Waals surface area contributed by atoms with Crippen molar-refractivity contribution in [3.05, 3.63) is 64.1 Å². The van der Waals surface area contributed by atoms with E-state index < -0.39 is 0 Å². The van der Waals surface area contributed by atoms with Crippen molar-refractivity contribution < 1.29 is 4.74 Å². The van der Waals surface area contributed by atoms with Crippen molar-refractivity contribution >= 4 is 12.2 Å². The van der Waals surface area contributed by atoms with Crippen LogP contribution in [-0.2, 0) is 0 Å². The fourth-order valence-electron chi connectivity index (χ4n) is 1.99. The van der Waals surface area contributed by atoms with E-state index in [0.717, 1.165) is 16.9 Å². The maximum Gasteiger partial charge on any atom is 0.251 e. The van der Waals surface area contributed by atoms with Gasteiger partial charge < -0.3 is 15.0 Å². The van der Waals surface area contributed by atoms with Gasteiger partial charge in [0.15, 0.2) is 0 Å². The van der Waals surface area contributed by atoms with Gasteiger partial charge in [-0.3, -0.25) is 4.79 Å². The summed E-state index contributed by atoms with van der Waals surface area (Å²) in [4.78, 5) is 12.0. The largest absolute Gasteiger partial charge is 0.497 e. The number of pyridine rings is 1. The molecule has 2 N–H and O–H groups in total. The third-order valence-corrected chi connectivity index (χ3v) is 3.37. The summed E-state index contributed by atoms with van der Waals surface area (Å²) in [6.07, 6.45) is 5.67. The molecular weight excluding hydrogens is 264 g/mol. The first-order chi connectivity index (χ1) is 10.1. The number of benzene rings is 1. The summed E-state index contributed by atoms with van der Waals surface area (Å²) in [6.45, 7) is 2.37. The lowest BCUT2D eigenvalue weighted by Crippen LogP contribution is -2.26. The smallest absolute Gasteiger partial charge is 0.251 e. The molecule has 0 saturated carbocycles. The van der Waals surface area contributed by atoms with Gasteiger partial charge >= 0.3 is 0 Å². The molecule has 2 aromatic rings. The van der Waals surface area contributed by atoms with Gasteiger partial charge in [0, 0.05) is 24.8 Å². The van der Waals surface area contributed by atoms with Gasteiger partial charge in [-0.25, -0.2) is 0 Å². The monoisotopic (exact) mass is 284 g/mol. The van der Waals surface area contributed by atoms with E-state index in [2.05, 4.69) is 0 Å². The lowest BCUT2D eigenvalue weighted by Gasteiger charge is -2.12. The average molecular weight is 284 g/mol. The Labute approximate surface area is 124 Å². The number of hydrogen-bond donors (Lipinski definition) is 1. The van der Waals surface area contributed by atoms with Crippen LogP contribution in [0.4, 0.5) is 0 Å². The Morgan fingerprint density at radius 2 is 1.86 bits per heavy atom. The molecule has 0 bridgehead atoms. The highest BCUT2D eigenvalue weighted by molar-refractivity contribution is 5.69. The number of methoxy groups -OCH3 is 1. The molecule has 1 atom stereocenters. The van der Waals surface area contributed by atoms with Gasteiger partial charge in [0.2, 0.25) is 0 Å². The van der Waals surface area contributed by atoms with Gasteiger partial charge in [0.25, 0.3) is 5.56 Å². The Hall–Kier alpha value is -2.33. The minimum absolute atomic E-state index is 0.0112. The summed E-state index contributed by atoms with van der Waals surface area (Å²) in [5.41, 5.74) is 7.47. The van der Waals surface area contributed by atoms with Crippen LogP contribution in [0.2, 0.25) is 0 Å². The second kappa shape index (κ2) is 6.90. The highest BCUT2D eigenvalue weighted by Gasteiger charge is 2.03. The van der Waals surface area contributed by atoms with Gasteiger partial charge in [0.1, 0.15) is 5.75 Å². The molecule has 0 saturated heterocycles. The average Bonchev–Trinajstić information content (AvgIpc) is 2.52. The molecule has 21 heavy (non-hydrogen) atoms. The molecule has 0 spiro atoms. The van der Waals surface area contributed by atoms with Crippen molar-refractivity contribution in [3.63, 3.8) is 0 Å². The Morgan fingerprint density at radius 3 is 2.43 bits per heavy atom. The van der Waals surface area contributed by atoms with Crippen LogP contribution in [0.5, 0.6) is 5.75 Å². The molecule has 1 unspecified atom stereocenters. The molecule has 0 aliphatic carbocycles. The lowest BCUT2D eigenvalue weighted by atomic mass is 10.1. The summed E-state index contributed by atoms with van der Waals surface area (Å²) in [6, 6.07) is 11.3. The van der Waals surface area contributed by atoms with Crippen LogP contribution in [0.1, 0.15) is 24.1 Å². The van der Waals surface area contributed by atoms with Gasteiger partial charge in [-0.2, -0.15) is 0 Å². The predicted octanol–water partition coefficient (Wildman–Crippen LogP) is 2.55. The van der Waals surface area contributed by atoms with Crippen molar-refractivity contribution in [1.82, 2.24) is 4.57 Å². The third kappa shape index (κ3) is 3.83. The standard InChI is InChI=1S/C17H20N2O2/c1-13(12-18)19-10-9-15(11-17(19)20)4-3-14-5-7-16(21-2)8-6-14/h3-11,13H,12,18H2,1-2H3/b4-3+. The van der Waals surface area contributed by atoms with Crippen LogP contribution < -0.4 is 16.0 Å². The Bertz CT molecular complexity index is 672. The van der Waals surface area contributed by atoms with Gasteiger partial charge in [-0.15, -0.1) is 0 Å². The van der Waals surface area contributed by atoms with Crippen molar-refractivity contribution in [2.75, 3.05) is 13.7 Å². The van der Waals surface area contributed by atoms with E-state index in [1.165, 1.54) is 0 Å². The van der Waals surface area contributed by atoms with Crippen molar-refractivity contribution in [2.45, 2.75) is 13.0 Å². The molecule has 1 aromatic heterocycles. The van der Waals surface area contributed by atoms with Gasteiger partial charge in [-0.05, 0) is 36.2 Å². The minimum atomic E-state index is -0.0372. The molecule has 0 aliphatic heterocycles. The quantitative estimate of drug-likeness (QED) is 0.918. The number of nitrogens with zero attached hydrogens (tertiary/aromatic N) is 1. The molecular formula is C17H20N2O2. The molecule has 2 rings (SSSR count). The molecule has 0 fully saturated rings. The zero-order valence-corrected chi connectivity index (χ0v) is 12.3. The Balaban J connectivity index is 2.17. The maximum atomic E-state index is 12.0. The Kier molecular flexibility index (Phi) is 4.95. The van der Waals surface area contributed by atoms with Crippen LogP contribution in [0, 0.1) is 0 Å².